The van der Waals surface area contributed by atoms with E-state index in [1.165, 1.54) is 132 Å². The lowest BCUT2D eigenvalue weighted by atomic mass is 9.65. The van der Waals surface area contributed by atoms with E-state index in [2.05, 4.69) is 387 Å². The summed E-state index contributed by atoms with van der Waals surface area (Å²) < 4.78 is 0. The Morgan fingerprint density at radius 3 is 0.798 bits per heavy atom. The quantitative estimate of drug-likeness (QED) is 0.101. The van der Waals surface area contributed by atoms with E-state index in [0.717, 1.165) is 34.1 Å². The number of benzene rings is 14. The summed E-state index contributed by atoms with van der Waals surface area (Å²) >= 11 is 0. The molecule has 0 atom stereocenters. The van der Waals surface area contributed by atoms with Gasteiger partial charge < -0.3 is 19.6 Å². The maximum atomic E-state index is 2.40. The molecule has 1 aliphatic carbocycles. The molecule has 0 saturated heterocycles. The second-order valence-electron chi connectivity index (χ2n) is 25.2. The highest BCUT2D eigenvalue weighted by atomic mass is 15.2. The summed E-state index contributed by atoms with van der Waals surface area (Å²) in [5.41, 5.74) is 24.1. The molecule has 0 heterocycles. The fraction of sp³-hybridized carbons (Fsp3) is 0.111. The number of aryl methyl sites for hydroxylation is 4. The molecule has 94 heavy (non-hydrogen) atoms. The van der Waals surface area contributed by atoms with Crippen LogP contribution in [0.4, 0.5) is 68.2 Å². The Morgan fingerprint density at radius 2 is 0.468 bits per heavy atom. The van der Waals surface area contributed by atoms with Gasteiger partial charge in [0.05, 0.1) is 11.4 Å². The van der Waals surface area contributed by atoms with Gasteiger partial charge in [-0.1, -0.05) is 248 Å². The van der Waals surface area contributed by atoms with Crippen LogP contribution in [0.3, 0.4) is 0 Å². The number of hydrogen-bond donors (Lipinski definition) is 0. The molecule has 0 aromatic heterocycles. The molecular weight excluding hydrogens is 1140 g/mol. The predicted molar refractivity (Wildman–Crippen MR) is 401 cm³/mol. The number of nitrogens with zero attached hydrogens (tertiary/aromatic N) is 4. The number of anilines is 12. The van der Waals surface area contributed by atoms with Gasteiger partial charge in [0, 0.05) is 73.1 Å². The average molecular weight is 1220 g/mol. The van der Waals surface area contributed by atoms with E-state index < -0.39 is 0 Å². The van der Waals surface area contributed by atoms with Crippen LogP contribution in [0.2, 0.25) is 0 Å². The Balaban J connectivity index is 0.000000163. The van der Waals surface area contributed by atoms with Gasteiger partial charge in [0.1, 0.15) is 0 Å². The summed E-state index contributed by atoms with van der Waals surface area (Å²) in [5, 5.41) is 4.90. The number of hydrogen-bond acceptors (Lipinski definition) is 4. The normalized spacial score (nSPS) is 12.6. The Morgan fingerprint density at radius 1 is 0.213 bits per heavy atom. The number of para-hydroxylation sites is 2. The van der Waals surface area contributed by atoms with E-state index in [4.69, 9.17) is 0 Å². The lowest BCUT2D eigenvalue weighted by Crippen LogP contribution is -2.30. The molecule has 14 aromatic carbocycles. The third-order valence-corrected chi connectivity index (χ3v) is 18.9. The molecule has 0 unspecified atom stereocenters. The van der Waals surface area contributed by atoms with Gasteiger partial charge in [-0.15, -0.1) is 0 Å². The van der Waals surface area contributed by atoms with Gasteiger partial charge in [-0.25, -0.2) is 0 Å². The Kier molecular flexibility index (Phi) is 17.5. The van der Waals surface area contributed by atoms with Crippen LogP contribution < -0.4 is 19.6 Å². The second-order valence-corrected chi connectivity index (χ2v) is 25.2. The second kappa shape index (κ2) is 27.3. The van der Waals surface area contributed by atoms with Crippen molar-refractivity contribution in [1.29, 1.82) is 0 Å². The lowest BCUT2D eigenvalue weighted by molar-refractivity contribution is 0.346. The smallest absolute Gasteiger partial charge is 0.0540 e. The largest absolute Gasteiger partial charge is 0.311 e. The minimum absolute atomic E-state index is 0.00636. The third-order valence-electron chi connectivity index (χ3n) is 18.9. The molecule has 0 aliphatic heterocycles. The molecule has 0 amide bonds. The topological polar surface area (TPSA) is 13.0 Å². The van der Waals surface area contributed by atoms with Crippen molar-refractivity contribution in [3.8, 4) is 11.1 Å². The predicted octanol–water partition coefficient (Wildman–Crippen LogP) is 25.7. The van der Waals surface area contributed by atoms with Gasteiger partial charge in [0.15, 0.2) is 0 Å². The van der Waals surface area contributed by atoms with Crippen LogP contribution in [-0.2, 0) is 5.41 Å². The Labute approximate surface area is 555 Å². The van der Waals surface area contributed by atoms with Crippen molar-refractivity contribution in [2.75, 3.05) is 19.6 Å². The molecule has 1 saturated carbocycles. The summed E-state index contributed by atoms with van der Waals surface area (Å²) in [7, 11) is 0. The SMILES string of the molecule is Cc1ccc(N(c2ccc(C)cc2)c2ccc(C3(c4ccc(N(c5ccc(C)cc5)c5ccc(C)cc5)cc4)CCCCC3)cc2)cc1.c1ccc(N(c2ccc(-c3ccc(N(c4ccccc4)c4cccc5ccccc45)cc3)cc2)c2cccc3ccccc23)cc1. The molecule has 0 spiro atoms. The first kappa shape index (κ1) is 60.4. The summed E-state index contributed by atoms with van der Waals surface area (Å²) in [6, 6.07) is 124. The highest BCUT2D eigenvalue weighted by molar-refractivity contribution is 6.00. The van der Waals surface area contributed by atoms with Gasteiger partial charge in [0.25, 0.3) is 0 Å². The molecule has 15 rings (SSSR count). The van der Waals surface area contributed by atoms with E-state index in [0.29, 0.717) is 0 Å². The molecule has 4 heteroatoms. The summed E-state index contributed by atoms with van der Waals surface area (Å²) in [5.74, 6) is 0. The van der Waals surface area contributed by atoms with Crippen molar-refractivity contribution in [2.24, 2.45) is 0 Å². The zero-order valence-electron chi connectivity index (χ0n) is 54.2. The maximum absolute atomic E-state index is 2.40. The van der Waals surface area contributed by atoms with E-state index in [1.54, 1.807) is 0 Å². The van der Waals surface area contributed by atoms with Crippen molar-refractivity contribution in [3.05, 3.63) is 373 Å². The van der Waals surface area contributed by atoms with Gasteiger partial charge >= 0.3 is 0 Å². The monoisotopic (exact) mass is 1210 g/mol. The molecular formula is C90H78N4. The van der Waals surface area contributed by atoms with E-state index in [-0.39, 0.29) is 5.41 Å². The molecule has 0 bridgehead atoms. The first-order valence-electron chi connectivity index (χ1n) is 33.2. The maximum Gasteiger partial charge on any atom is 0.0540 e. The van der Waals surface area contributed by atoms with Crippen LogP contribution >= 0.6 is 0 Å². The van der Waals surface area contributed by atoms with E-state index in [9.17, 15) is 0 Å². The Hall–Kier alpha value is -11.2. The van der Waals surface area contributed by atoms with Crippen LogP contribution in [-0.4, -0.2) is 0 Å². The standard InChI is InChI=1S/C46H46N2.C44H32N2/c1-34-8-20-40(21-9-34)47(41-22-10-35(2)11-23-41)44-28-16-38(17-29-44)46(32-6-5-7-33-46)39-18-30-45(31-19-39)48(42-24-12-36(3)13-25-42)43-26-14-37(4)15-27-43;1-3-17-37(18-4-1)45(43-23-11-15-35-13-7-9-21-41(35)43)39-29-25-33(26-30-39)34-27-31-40(32-28-34)46(38-19-5-2-6-20-38)44-24-12-16-36-14-8-10-22-42(36)44/h8-31H,5-7,32-33H2,1-4H3;1-32H. The van der Waals surface area contributed by atoms with Crippen molar-refractivity contribution < 1.29 is 0 Å². The van der Waals surface area contributed by atoms with Gasteiger partial charge in [0.2, 0.25) is 0 Å². The molecule has 0 N–H and O–H groups in total. The first-order chi connectivity index (χ1) is 46.2. The number of rotatable bonds is 15. The molecule has 14 aromatic rings. The van der Waals surface area contributed by atoms with Crippen LogP contribution in [0.1, 0.15) is 65.5 Å². The highest BCUT2D eigenvalue weighted by Gasteiger charge is 2.36. The molecule has 4 nitrogen and oxygen atoms in total. The van der Waals surface area contributed by atoms with Crippen LogP contribution in [0.5, 0.6) is 0 Å². The minimum Gasteiger partial charge on any atom is -0.311 e. The summed E-state index contributed by atoms with van der Waals surface area (Å²) in [6.45, 7) is 8.59. The molecule has 458 valence electrons. The van der Waals surface area contributed by atoms with Crippen LogP contribution in [0.25, 0.3) is 32.7 Å². The summed E-state index contributed by atoms with van der Waals surface area (Å²) in [6.07, 6.45) is 6.15. The van der Waals surface area contributed by atoms with Crippen molar-refractivity contribution in [3.63, 3.8) is 0 Å². The fourth-order valence-electron chi connectivity index (χ4n) is 13.8. The van der Waals surface area contributed by atoms with Gasteiger partial charge in [-0.05, 0) is 207 Å². The van der Waals surface area contributed by atoms with Gasteiger partial charge in [-0.2, -0.15) is 0 Å². The zero-order chi connectivity index (χ0) is 63.8. The number of fused-ring (bicyclic) bond motifs is 2. The molecule has 0 radical (unpaired) electrons. The first-order valence-corrected chi connectivity index (χ1v) is 33.2. The zero-order valence-corrected chi connectivity index (χ0v) is 54.2. The van der Waals surface area contributed by atoms with Crippen LogP contribution in [0, 0.1) is 27.7 Å². The van der Waals surface area contributed by atoms with Crippen molar-refractivity contribution in [1.82, 2.24) is 0 Å². The van der Waals surface area contributed by atoms with E-state index >= 15 is 0 Å². The van der Waals surface area contributed by atoms with Gasteiger partial charge in [-0.3, -0.25) is 0 Å². The van der Waals surface area contributed by atoms with Crippen LogP contribution in [0.15, 0.2) is 340 Å². The fourth-order valence-corrected chi connectivity index (χ4v) is 13.8. The summed E-state index contributed by atoms with van der Waals surface area (Å²) in [4.78, 5) is 9.43. The minimum atomic E-state index is 0.00636. The van der Waals surface area contributed by atoms with E-state index in [1.807, 2.05) is 0 Å². The van der Waals surface area contributed by atoms with Crippen molar-refractivity contribution in [2.45, 2.75) is 65.2 Å². The highest BCUT2D eigenvalue weighted by Crippen LogP contribution is 2.48. The molecule has 1 aliphatic rings. The molecule has 1 fully saturated rings. The third kappa shape index (κ3) is 12.8. The lowest BCUT2D eigenvalue weighted by Gasteiger charge is -2.39. The Bertz CT molecular complexity index is 4390. The van der Waals surface area contributed by atoms with Crippen molar-refractivity contribution >= 4 is 89.8 Å². The average Bonchev–Trinajstić information content (AvgIpc) is 0.785.